The number of hydrogen-bond donors (Lipinski definition) is 2. The van der Waals surface area contributed by atoms with Crippen molar-refractivity contribution in [2.45, 2.75) is 67.7 Å². The number of aromatic hydroxyl groups is 1. The van der Waals surface area contributed by atoms with Crippen LogP contribution in [0.1, 0.15) is 48.8 Å². The molecule has 2 aromatic rings. The highest BCUT2D eigenvalue weighted by atomic mass is 16.5. The molecular formula is C29H32N2O5. The maximum atomic E-state index is 13.4. The van der Waals surface area contributed by atoms with Gasteiger partial charge < -0.3 is 24.3 Å². The third kappa shape index (κ3) is 2.53. The summed E-state index contributed by atoms with van der Waals surface area (Å²) in [6, 6.07) is 5.44. The fourth-order valence-electron chi connectivity index (χ4n) is 8.97. The monoisotopic (exact) mass is 488 g/mol. The summed E-state index contributed by atoms with van der Waals surface area (Å²) in [6.07, 6.45) is 11.9. The zero-order chi connectivity index (χ0) is 24.4. The van der Waals surface area contributed by atoms with E-state index in [1.807, 2.05) is 24.1 Å². The number of piperidine rings is 1. The van der Waals surface area contributed by atoms with Crippen LogP contribution in [0.4, 0.5) is 0 Å². The van der Waals surface area contributed by atoms with Crippen molar-refractivity contribution in [3.8, 4) is 11.5 Å². The molecule has 6 aliphatic rings. The van der Waals surface area contributed by atoms with Crippen LogP contribution in [0, 0.1) is 11.3 Å². The molecule has 1 amide bonds. The van der Waals surface area contributed by atoms with Crippen molar-refractivity contribution in [1.29, 1.82) is 0 Å². The summed E-state index contributed by atoms with van der Waals surface area (Å²) in [5, 5.41) is 23.6. The number of phenolic OH excluding ortho intramolecular Hbond substituents is 1. The Morgan fingerprint density at radius 1 is 1.28 bits per heavy atom. The van der Waals surface area contributed by atoms with Gasteiger partial charge in [-0.25, -0.2) is 0 Å². The summed E-state index contributed by atoms with van der Waals surface area (Å²) in [4.78, 5) is 17.8. The van der Waals surface area contributed by atoms with Crippen molar-refractivity contribution in [1.82, 2.24) is 9.80 Å². The van der Waals surface area contributed by atoms with Gasteiger partial charge in [0.15, 0.2) is 11.5 Å². The van der Waals surface area contributed by atoms with E-state index in [4.69, 9.17) is 9.15 Å². The number of likely N-dealkylation sites (tertiary alicyclic amines) is 1. The fourth-order valence-corrected chi connectivity index (χ4v) is 8.97. The molecule has 3 bridgehead atoms. The number of rotatable bonds is 5. The molecule has 7 nitrogen and oxygen atoms in total. The van der Waals surface area contributed by atoms with Gasteiger partial charge in [0.1, 0.15) is 6.10 Å². The van der Waals surface area contributed by atoms with Gasteiger partial charge in [0.25, 0.3) is 0 Å². The van der Waals surface area contributed by atoms with Gasteiger partial charge in [-0.2, -0.15) is 0 Å². The molecule has 3 heterocycles. The quantitative estimate of drug-likeness (QED) is 0.629. The number of furan rings is 1. The minimum absolute atomic E-state index is 0.0450. The van der Waals surface area contributed by atoms with Crippen LogP contribution in [0.3, 0.4) is 0 Å². The summed E-state index contributed by atoms with van der Waals surface area (Å²) >= 11 is 0. The highest BCUT2D eigenvalue weighted by Crippen LogP contribution is 2.74. The van der Waals surface area contributed by atoms with Gasteiger partial charge in [-0.15, -0.1) is 0 Å². The van der Waals surface area contributed by atoms with E-state index in [0.29, 0.717) is 5.75 Å². The van der Waals surface area contributed by atoms with Crippen LogP contribution in [0.2, 0.25) is 0 Å². The number of aliphatic hydroxyl groups is 1. The van der Waals surface area contributed by atoms with Crippen molar-refractivity contribution < 1.29 is 24.2 Å². The molecule has 36 heavy (non-hydrogen) atoms. The van der Waals surface area contributed by atoms with Gasteiger partial charge in [0.05, 0.1) is 29.6 Å². The zero-order valence-electron chi connectivity index (χ0n) is 20.5. The number of ether oxygens (including phenoxy) is 1. The highest BCUT2D eigenvalue weighted by Gasteiger charge is 2.81. The summed E-state index contributed by atoms with van der Waals surface area (Å²) in [7, 11) is 1.86. The maximum absolute atomic E-state index is 13.4. The predicted octanol–water partition coefficient (Wildman–Crippen LogP) is 3.09. The molecule has 2 aliphatic heterocycles. The second-order valence-electron chi connectivity index (χ2n) is 12.4. The molecule has 0 radical (unpaired) electrons. The second kappa shape index (κ2) is 6.75. The summed E-state index contributed by atoms with van der Waals surface area (Å²) in [5.74, 6) is 1.31. The highest BCUT2D eigenvalue weighted by molar-refractivity contribution is 5.92. The lowest BCUT2D eigenvalue weighted by Crippen LogP contribution is -2.69. The Labute approximate surface area is 210 Å². The number of hydrogen-bond acceptors (Lipinski definition) is 6. The van der Waals surface area contributed by atoms with Crippen LogP contribution in [0.15, 0.2) is 41.2 Å². The van der Waals surface area contributed by atoms with Crippen LogP contribution in [0.5, 0.6) is 11.5 Å². The van der Waals surface area contributed by atoms with E-state index >= 15 is 0 Å². The van der Waals surface area contributed by atoms with Crippen LogP contribution in [0.25, 0.3) is 6.08 Å². The van der Waals surface area contributed by atoms with Crippen LogP contribution in [-0.4, -0.2) is 69.8 Å². The van der Waals surface area contributed by atoms with Gasteiger partial charge in [-0.1, -0.05) is 6.07 Å². The number of amides is 1. The lowest BCUT2D eigenvalue weighted by Gasteiger charge is -2.54. The lowest BCUT2D eigenvalue weighted by atomic mass is 9.56. The third-order valence-corrected chi connectivity index (χ3v) is 10.4. The molecular weight excluding hydrogens is 456 g/mol. The average Bonchev–Trinajstić information content (AvgIpc) is 3.29. The first kappa shape index (κ1) is 21.3. The fraction of sp³-hybridized carbons (Fsp3) is 0.552. The third-order valence-electron chi connectivity index (χ3n) is 10.4. The standard InChI is InChI=1S/C29H32N2O5/c1-30(23(33)7-4-18-8-9-35-13-18)20-11-27-14-28-24-19(5-6-21(32)25(24)36-26(20)28)10-22(29(28,34)15-27)31(16-27)12-17-2-3-17/h4-9,13,17,20,22,26,32,34H,2-3,10-12,14-16H2,1H3/b7-4+/t20-,22-,26+,27?,28+,29-/m1/s1. The molecule has 8 rings (SSSR count). The smallest absolute Gasteiger partial charge is 0.246 e. The molecule has 3 saturated carbocycles. The molecule has 1 aromatic carbocycles. The Kier molecular flexibility index (Phi) is 4.00. The Morgan fingerprint density at radius 3 is 2.92 bits per heavy atom. The molecule has 188 valence electrons. The van der Waals surface area contributed by atoms with E-state index < -0.39 is 11.0 Å². The molecule has 1 saturated heterocycles. The van der Waals surface area contributed by atoms with Gasteiger partial charge in [-0.05, 0) is 73.6 Å². The molecule has 2 spiro atoms. The van der Waals surface area contributed by atoms with Gasteiger partial charge in [-0.3, -0.25) is 9.69 Å². The van der Waals surface area contributed by atoms with Crippen LogP contribution >= 0.6 is 0 Å². The first-order valence-electron chi connectivity index (χ1n) is 13.3. The summed E-state index contributed by atoms with van der Waals surface area (Å²) in [5.41, 5.74) is 1.43. The van der Waals surface area contributed by atoms with E-state index in [2.05, 4.69) is 4.90 Å². The first-order chi connectivity index (χ1) is 17.3. The molecule has 6 atom stereocenters. The maximum Gasteiger partial charge on any atom is 0.246 e. The molecule has 1 unspecified atom stereocenters. The minimum Gasteiger partial charge on any atom is -0.504 e. The van der Waals surface area contributed by atoms with Gasteiger partial charge in [0.2, 0.25) is 5.91 Å². The Hall–Kier alpha value is -2.77. The number of carbonyl (C=O) groups excluding carboxylic acids is 1. The molecule has 2 N–H and O–H groups in total. The number of likely N-dealkylation sites (N-methyl/N-ethyl adjacent to an activating group) is 1. The van der Waals surface area contributed by atoms with Crippen molar-refractivity contribution in [2.75, 3.05) is 20.1 Å². The van der Waals surface area contributed by atoms with E-state index in [1.54, 1.807) is 30.7 Å². The largest absolute Gasteiger partial charge is 0.504 e. The van der Waals surface area contributed by atoms with E-state index in [9.17, 15) is 15.0 Å². The average molecular weight is 489 g/mol. The Bertz CT molecular complexity index is 1300. The lowest BCUT2D eigenvalue weighted by molar-refractivity contribution is -0.138. The number of carbonyl (C=O) groups is 1. The summed E-state index contributed by atoms with van der Waals surface area (Å²) in [6.45, 7) is 2.01. The van der Waals surface area contributed by atoms with Crippen molar-refractivity contribution in [2.24, 2.45) is 11.3 Å². The second-order valence-corrected chi connectivity index (χ2v) is 12.4. The van der Waals surface area contributed by atoms with E-state index in [0.717, 1.165) is 55.8 Å². The number of phenols is 1. The van der Waals surface area contributed by atoms with Gasteiger partial charge >= 0.3 is 0 Å². The normalized spacial score (nSPS) is 39.4. The Morgan fingerprint density at radius 2 is 2.14 bits per heavy atom. The number of benzene rings is 1. The molecule has 1 aromatic heterocycles. The van der Waals surface area contributed by atoms with Gasteiger partial charge in [0, 0.05) is 43.4 Å². The van der Waals surface area contributed by atoms with Crippen LogP contribution in [-0.2, 0) is 16.6 Å². The van der Waals surface area contributed by atoms with Crippen LogP contribution < -0.4 is 4.74 Å². The SMILES string of the molecule is CN(C(=O)/C=C/c1ccoc1)[C@@H]1CC23CN(CC4CC4)[C@@H]4Cc5ccc(O)c6c5[C@@](C2)([C@H]1O6)[C@@]4(O)C3. The summed E-state index contributed by atoms with van der Waals surface area (Å²) < 4.78 is 11.8. The number of nitrogens with zero attached hydrogens (tertiary/aromatic N) is 2. The molecule has 4 fully saturated rings. The predicted molar refractivity (Wildman–Crippen MR) is 132 cm³/mol. The first-order valence-corrected chi connectivity index (χ1v) is 13.3. The van der Waals surface area contributed by atoms with Crippen molar-refractivity contribution in [3.05, 3.63) is 53.5 Å². The molecule has 4 aliphatic carbocycles. The molecule has 7 heteroatoms. The van der Waals surface area contributed by atoms with E-state index in [-0.39, 0.29) is 35.3 Å². The van der Waals surface area contributed by atoms with Crippen molar-refractivity contribution >= 4 is 12.0 Å². The zero-order valence-corrected chi connectivity index (χ0v) is 20.5. The Balaban J connectivity index is 1.25. The van der Waals surface area contributed by atoms with E-state index in [1.165, 1.54) is 18.4 Å². The minimum atomic E-state index is -0.928. The topological polar surface area (TPSA) is 86.4 Å². The van der Waals surface area contributed by atoms with Crippen molar-refractivity contribution in [3.63, 3.8) is 0 Å².